The van der Waals surface area contributed by atoms with Crippen LogP contribution in [0.2, 0.25) is 0 Å². The second kappa shape index (κ2) is 14.7. The molecule has 62 heavy (non-hydrogen) atoms. The zero-order valence-corrected chi connectivity index (χ0v) is 33.2. The van der Waals surface area contributed by atoms with Crippen LogP contribution in [0.3, 0.4) is 0 Å². The maximum absolute atomic E-state index is 6.47. The molecule has 6 heteroatoms. The van der Waals surface area contributed by atoms with Gasteiger partial charge in [-0.1, -0.05) is 170 Å². The topological polar surface area (TPSA) is 77.8 Å². The van der Waals surface area contributed by atoms with Crippen LogP contribution in [0.4, 0.5) is 0 Å². The molecule has 0 atom stereocenters. The first-order chi connectivity index (χ1) is 30.7. The predicted molar refractivity (Wildman–Crippen MR) is 250 cm³/mol. The summed E-state index contributed by atoms with van der Waals surface area (Å²) < 4.78 is 12.9. The van der Waals surface area contributed by atoms with Gasteiger partial charge in [-0.25, -0.2) is 15.0 Å². The SMILES string of the molecule is c1ccc(-c2ccc(-c3nc(-c4cccc(-c5nc(-c6cccc(-c7cccc(-c8ccccc8)c7)c6)c6c(n5)oc5ccccc56)c4)nc4c3oc3ccccc34)cc2)cc1. The van der Waals surface area contributed by atoms with Crippen molar-refractivity contribution in [3.05, 3.63) is 206 Å². The molecule has 6 nitrogen and oxygen atoms in total. The number of furan rings is 2. The van der Waals surface area contributed by atoms with Crippen LogP contribution in [0.1, 0.15) is 0 Å². The fourth-order valence-corrected chi connectivity index (χ4v) is 8.48. The Morgan fingerprint density at radius 1 is 0.290 bits per heavy atom. The number of nitrogens with zero attached hydrogens (tertiary/aromatic N) is 4. The van der Waals surface area contributed by atoms with E-state index in [0.29, 0.717) is 22.9 Å². The first kappa shape index (κ1) is 35.5. The number of hydrogen-bond acceptors (Lipinski definition) is 6. The third kappa shape index (κ3) is 6.21. The highest BCUT2D eigenvalue weighted by Crippen LogP contribution is 2.40. The molecule has 12 rings (SSSR count). The molecule has 0 aliphatic carbocycles. The molecule has 0 aliphatic heterocycles. The summed E-state index contributed by atoms with van der Waals surface area (Å²) in [6.45, 7) is 0. The molecule has 8 aromatic carbocycles. The Kier molecular flexibility index (Phi) is 8.38. The van der Waals surface area contributed by atoms with E-state index < -0.39 is 0 Å². The lowest BCUT2D eigenvalue weighted by Crippen LogP contribution is -1.96. The number of benzene rings is 8. The average molecular weight is 795 g/mol. The van der Waals surface area contributed by atoms with Gasteiger partial charge in [-0.3, -0.25) is 0 Å². The minimum Gasteiger partial charge on any atom is -0.452 e. The van der Waals surface area contributed by atoms with Gasteiger partial charge in [0.15, 0.2) is 17.2 Å². The zero-order chi connectivity index (χ0) is 41.0. The Balaban J connectivity index is 0.991. The van der Waals surface area contributed by atoms with Crippen molar-refractivity contribution in [2.24, 2.45) is 0 Å². The van der Waals surface area contributed by atoms with E-state index in [2.05, 4.69) is 133 Å². The van der Waals surface area contributed by atoms with Gasteiger partial charge in [0.25, 0.3) is 0 Å². The lowest BCUT2D eigenvalue weighted by molar-refractivity contribution is 0.653. The minimum atomic E-state index is 0.525. The summed E-state index contributed by atoms with van der Waals surface area (Å²) in [5, 5.41) is 2.77. The number of rotatable bonds is 7. The first-order valence-corrected chi connectivity index (χ1v) is 20.6. The maximum atomic E-state index is 6.47. The number of aromatic nitrogens is 4. The smallest absolute Gasteiger partial charge is 0.231 e. The molecule has 0 saturated carbocycles. The quantitative estimate of drug-likeness (QED) is 0.160. The predicted octanol–water partition coefficient (Wildman–Crippen LogP) is 14.7. The van der Waals surface area contributed by atoms with Crippen LogP contribution >= 0.6 is 0 Å². The van der Waals surface area contributed by atoms with Crippen molar-refractivity contribution in [2.75, 3.05) is 0 Å². The Hall–Kier alpha value is -8.48. The molecule has 0 bridgehead atoms. The largest absolute Gasteiger partial charge is 0.452 e. The summed E-state index contributed by atoms with van der Waals surface area (Å²) in [6.07, 6.45) is 0. The van der Waals surface area contributed by atoms with E-state index >= 15 is 0 Å². The van der Waals surface area contributed by atoms with Crippen molar-refractivity contribution in [3.8, 4) is 78.7 Å². The van der Waals surface area contributed by atoms with Gasteiger partial charge in [0.05, 0.1) is 11.1 Å². The molecule has 0 amide bonds. The van der Waals surface area contributed by atoms with Gasteiger partial charge >= 0.3 is 0 Å². The van der Waals surface area contributed by atoms with Gasteiger partial charge in [0, 0.05) is 33.0 Å². The Morgan fingerprint density at radius 2 is 0.742 bits per heavy atom. The third-order valence-electron chi connectivity index (χ3n) is 11.5. The van der Waals surface area contributed by atoms with Crippen molar-refractivity contribution in [1.29, 1.82) is 0 Å². The summed E-state index contributed by atoms with van der Waals surface area (Å²) in [7, 11) is 0. The van der Waals surface area contributed by atoms with E-state index in [4.69, 9.17) is 28.8 Å². The number of fused-ring (bicyclic) bond motifs is 6. The van der Waals surface area contributed by atoms with Crippen molar-refractivity contribution in [1.82, 2.24) is 19.9 Å². The number of para-hydroxylation sites is 2. The standard InChI is InChI=1S/C56H34N4O2/c1-3-14-35(15-4-1)37-28-30-38(31-29-37)51-53-52(46-25-8-10-27-48(46)61-53)59-54(58-51)43-22-13-23-44(34-43)55-57-50(49-45-24-7-9-26-47(45)62-56(49)60-55)42-21-12-20-41(33-42)40-19-11-18-39(32-40)36-16-5-2-6-17-36/h1-34H. The van der Waals surface area contributed by atoms with Crippen molar-refractivity contribution in [3.63, 3.8) is 0 Å². The molecule has 0 aliphatic rings. The van der Waals surface area contributed by atoms with Gasteiger partial charge in [-0.15, -0.1) is 0 Å². The number of hydrogen-bond donors (Lipinski definition) is 0. The van der Waals surface area contributed by atoms with Crippen molar-refractivity contribution < 1.29 is 8.83 Å². The summed E-state index contributed by atoms with van der Waals surface area (Å²) in [4.78, 5) is 20.8. The summed E-state index contributed by atoms with van der Waals surface area (Å²) >= 11 is 0. The van der Waals surface area contributed by atoms with Crippen LogP contribution in [0.15, 0.2) is 215 Å². The molecule has 12 aromatic rings. The monoisotopic (exact) mass is 794 g/mol. The lowest BCUT2D eigenvalue weighted by Gasteiger charge is -2.11. The molecule has 0 spiro atoms. The van der Waals surface area contributed by atoms with Crippen LogP contribution < -0.4 is 0 Å². The molecule has 4 heterocycles. The molecule has 0 fully saturated rings. The molecular formula is C56H34N4O2. The Bertz CT molecular complexity index is 3630. The van der Waals surface area contributed by atoms with Crippen LogP contribution in [0.25, 0.3) is 123 Å². The molecule has 0 radical (unpaired) electrons. The second-order valence-electron chi connectivity index (χ2n) is 15.4. The molecule has 290 valence electrons. The lowest BCUT2D eigenvalue weighted by atomic mass is 9.96. The van der Waals surface area contributed by atoms with E-state index in [-0.39, 0.29) is 0 Å². The summed E-state index contributed by atoms with van der Waals surface area (Å²) in [6, 6.07) is 70.7. The van der Waals surface area contributed by atoms with Gasteiger partial charge < -0.3 is 8.83 Å². The van der Waals surface area contributed by atoms with Crippen LogP contribution in [0, 0.1) is 0 Å². The van der Waals surface area contributed by atoms with E-state index in [9.17, 15) is 0 Å². The fraction of sp³-hybridized carbons (Fsp3) is 0. The van der Waals surface area contributed by atoms with Gasteiger partial charge in [0.1, 0.15) is 22.4 Å². The molecule has 0 N–H and O–H groups in total. The van der Waals surface area contributed by atoms with E-state index in [0.717, 1.165) is 94.3 Å². The normalized spacial score (nSPS) is 11.5. The molecule has 4 aromatic heterocycles. The second-order valence-corrected chi connectivity index (χ2v) is 15.4. The van der Waals surface area contributed by atoms with Crippen molar-refractivity contribution >= 4 is 44.1 Å². The third-order valence-corrected chi connectivity index (χ3v) is 11.5. The highest BCUT2D eigenvalue weighted by atomic mass is 16.3. The maximum Gasteiger partial charge on any atom is 0.231 e. The summed E-state index contributed by atoms with van der Waals surface area (Å²) in [5.74, 6) is 1.11. The van der Waals surface area contributed by atoms with Crippen LogP contribution in [-0.2, 0) is 0 Å². The van der Waals surface area contributed by atoms with Gasteiger partial charge in [-0.2, -0.15) is 4.98 Å². The summed E-state index contributed by atoms with van der Waals surface area (Å²) in [5.41, 5.74) is 15.3. The molecule has 0 unspecified atom stereocenters. The Labute approximate surface area is 356 Å². The van der Waals surface area contributed by atoms with Gasteiger partial charge in [-0.05, 0) is 69.8 Å². The van der Waals surface area contributed by atoms with E-state index in [1.54, 1.807) is 0 Å². The fourth-order valence-electron chi connectivity index (χ4n) is 8.48. The Morgan fingerprint density at radius 3 is 1.44 bits per heavy atom. The van der Waals surface area contributed by atoms with Crippen molar-refractivity contribution in [2.45, 2.75) is 0 Å². The minimum absolute atomic E-state index is 0.525. The highest BCUT2D eigenvalue weighted by Gasteiger charge is 2.21. The highest BCUT2D eigenvalue weighted by molar-refractivity contribution is 6.11. The zero-order valence-electron chi connectivity index (χ0n) is 33.2. The molecular weight excluding hydrogens is 761 g/mol. The van der Waals surface area contributed by atoms with Gasteiger partial charge in [0.2, 0.25) is 5.71 Å². The van der Waals surface area contributed by atoms with E-state index in [1.807, 2.05) is 72.8 Å². The van der Waals surface area contributed by atoms with Crippen LogP contribution in [0.5, 0.6) is 0 Å². The van der Waals surface area contributed by atoms with Crippen LogP contribution in [-0.4, -0.2) is 19.9 Å². The molecule has 0 saturated heterocycles. The first-order valence-electron chi connectivity index (χ1n) is 20.6. The average Bonchev–Trinajstić information content (AvgIpc) is 3.93. The van der Waals surface area contributed by atoms with E-state index in [1.165, 1.54) is 5.56 Å².